The van der Waals surface area contributed by atoms with Gasteiger partial charge in [0.05, 0.1) is 0 Å². The van der Waals surface area contributed by atoms with Gasteiger partial charge >= 0.3 is 0 Å². The highest BCUT2D eigenvalue weighted by Gasteiger charge is 2.14. The first-order valence-electron chi connectivity index (χ1n) is 4.79. The fourth-order valence-corrected chi connectivity index (χ4v) is 1.96. The second kappa shape index (κ2) is 3.25. The highest BCUT2D eigenvalue weighted by molar-refractivity contribution is 5.68. The third-order valence-electron chi connectivity index (χ3n) is 2.57. The van der Waals surface area contributed by atoms with E-state index in [2.05, 4.69) is 42.6 Å². The third-order valence-corrected chi connectivity index (χ3v) is 2.57. The molecule has 0 aliphatic heterocycles. The van der Waals surface area contributed by atoms with Crippen molar-refractivity contribution in [1.82, 2.24) is 5.32 Å². The molecule has 0 spiro atoms. The Morgan fingerprint density at radius 3 is 2.85 bits per heavy atom. The Kier molecular flexibility index (Phi) is 2.09. The van der Waals surface area contributed by atoms with Crippen molar-refractivity contribution < 1.29 is 0 Å². The quantitative estimate of drug-likeness (QED) is 0.687. The lowest BCUT2D eigenvalue weighted by molar-refractivity contribution is 0.707. The Morgan fingerprint density at radius 2 is 2.08 bits per heavy atom. The van der Waals surface area contributed by atoms with Crippen molar-refractivity contribution in [2.24, 2.45) is 5.92 Å². The van der Waals surface area contributed by atoms with Crippen molar-refractivity contribution in [2.45, 2.75) is 13.3 Å². The van der Waals surface area contributed by atoms with Gasteiger partial charge in [0, 0.05) is 18.3 Å². The molecule has 1 unspecified atom stereocenters. The summed E-state index contributed by atoms with van der Waals surface area (Å²) in [4.78, 5) is 0. The predicted octanol–water partition coefficient (Wildman–Crippen LogP) is 2.44. The number of rotatable bonds is 1. The summed E-state index contributed by atoms with van der Waals surface area (Å²) in [5.41, 5.74) is 4.10. The number of hydrogen-bond acceptors (Lipinski definition) is 1. The van der Waals surface area contributed by atoms with Crippen molar-refractivity contribution in [2.75, 3.05) is 7.05 Å². The summed E-state index contributed by atoms with van der Waals surface area (Å²) in [5.74, 6) is 0.650. The van der Waals surface area contributed by atoms with Gasteiger partial charge in [0.2, 0.25) is 0 Å². The molecular formula is C12H15N. The third kappa shape index (κ3) is 1.46. The molecule has 0 bridgehead atoms. The van der Waals surface area contributed by atoms with Crippen molar-refractivity contribution in [1.29, 1.82) is 0 Å². The smallest absolute Gasteiger partial charge is 0.0376 e. The standard InChI is InChI=1S/C12H15N/c1-9-7-10-5-3-4-6-11(10)12(8-9)13-2/h3-6,8-9,13H,7H2,1-2H3. The molecule has 68 valence electrons. The van der Waals surface area contributed by atoms with Crippen LogP contribution in [-0.2, 0) is 6.42 Å². The van der Waals surface area contributed by atoms with E-state index in [9.17, 15) is 0 Å². The van der Waals surface area contributed by atoms with Crippen LogP contribution in [-0.4, -0.2) is 7.05 Å². The SMILES string of the molecule is CNC1=CC(C)Cc2ccccc21. The summed E-state index contributed by atoms with van der Waals surface area (Å²) in [6, 6.07) is 8.61. The average Bonchev–Trinajstić information content (AvgIpc) is 2.16. The van der Waals surface area contributed by atoms with Gasteiger partial charge in [0.15, 0.2) is 0 Å². The minimum atomic E-state index is 0.650. The van der Waals surface area contributed by atoms with E-state index in [4.69, 9.17) is 0 Å². The molecule has 13 heavy (non-hydrogen) atoms. The molecule has 2 rings (SSSR count). The Balaban J connectivity index is 2.49. The zero-order valence-corrected chi connectivity index (χ0v) is 8.17. The normalized spacial score (nSPS) is 20.5. The second-order valence-electron chi connectivity index (χ2n) is 3.67. The maximum Gasteiger partial charge on any atom is 0.0376 e. The van der Waals surface area contributed by atoms with Crippen LogP contribution >= 0.6 is 0 Å². The topological polar surface area (TPSA) is 12.0 Å². The maximum atomic E-state index is 3.25. The zero-order chi connectivity index (χ0) is 9.26. The molecule has 0 aromatic heterocycles. The van der Waals surface area contributed by atoms with Gasteiger partial charge in [-0.2, -0.15) is 0 Å². The van der Waals surface area contributed by atoms with E-state index >= 15 is 0 Å². The monoisotopic (exact) mass is 173 g/mol. The minimum Gasteiger partial charge on any atom is -0.388 e. The van der Waals surface area contributed by atoms with E-state index in [1.54, 1.807) is 0 Å². The first-order valence-corrected chi connectivity index (χ1v) is 4.79. The average molecular weight is 173 g/mol. The summed E-state index contributed by atoms with van der Waals surface area (Å²) >= 11 is 0. The molecule has 0 heterocycles. The van der Waals surface area contributed by atoms with E-state index in [-0.39, 0.29) is 0 Å². The number of nitrogens with one attached hydrogen (secondary N) is 1. The number of allylic oxidation sites excluding steroid dienone is 1. The number of hydrogen-bond donors (Lipinski definition) is 1. The highest BCUT2D eigenvalue weighted by atomic mass is 14.8. The Hall–Kier alpha value is -1.24. The van der Waals surface area contributed by atoms with E-state index in [0.29, 0.717) is 5.92 Å². The Labute approximate surface area is 79.5 Å². The van der Waals surface area contributed by atoms with Gasteiger partial charge in [-0.1, -0.05) is 37.3 Å². The van der Waals surface area contributed by atoms with Crippen LogP contribution in [0.1, 0.15) is 18.1 Å². The predicted molar refractivity (Wildman–Crippen MR) is 56.3 cm³/mol. The van der Waals surface area contributed by atoms with Crippen molar-refractivity contribution >= 4 is 5.70 Å². The van der Waals surface area contributed by atoms with Crippen LogP contribution in [0.25, 0.3) is 5.70 Å². The molecule has 1 aliphatic carbocycles. The van der Waals surface area contributed by atoms with Crippen molar-refractivity contribution in [3.63, 3.8) is 0 Å². The molecule has 0 saturated heterocycles. The van der Waals surface area contributed by atoms with Crippen LogP contribution in [0.2, 0.25) is 0 Å². The molecule has 0 fully saturated rings. The Morgan fingerprint density at radius 1 is 1.31 bits per heavy atom. The summed E-state index contributed by atoms with van der Waals surface area (Å²) in [5, 5.41) is 3.25. The molecule has 0 saturated carbocycles. The fourth-order valence-electron chi connectivity index (χ4n) is 1.96. The van der Waals surface area contributed by atoms with Crippen molar-refractivity contribution in [3.05, 3.63) is 41.5 Å². The first kappa shape index (κ1) is 8.36. The van der Waals surface area contributed by atoms with Gasteiger partial charge in [-0.25, -0.2) is 0 Å². The van der Waals surface area contributed by atoms with E-state index in [1.807, 2.05) is 7.05 Å². The molecule has 0 radical (unpaired) electrons. The summed E-state index contributed by atoms with van der Waals surface area (Å²) in [6.45, 7) is 2.26. The molecule has 1 N–H and O–H groups in total. The summed E-state index contributed by atoms with van der Waals surface area (Å²) < 4.78 is 0. The van der Waals surface area contributed by atoms with Crippen LogP contribution in [0, 0.1) is 5.92 Å². The fraction of sp³-hybridized carbons (Fsp3) is 0.333. The van der Waals surface area contributed by atoms with Crippen LogP contribution in [0.4, 0.5) is 0 Å². The largest absolute Gasteiger partial charge is 0.388 e. The van der Waals surface area contributed by atoms with Crippen LogP contribution < -0.4 is 5.32 Å². The molecule has 1 nitrogen and oxygen atoms in total. The van der Waals surface area contributed by atoms with E-state index in [0.717, 1.165) is 0 Å². The van der Waals surface area contributed by atoms with Crippen LogP contribution in [0.3, 0.4) is 0 Å². The molecule has 1 aromatic rings. The lowest BCUT2D eigenvalue weighted by atomic mass is 9.89. The van der Waals surface area contributed by atoms with Gasteiger partial charge < -0.3 is 5.32 Å². The highest BCUT2D eigenvalue weighted by Crippen LogP contribution is 2.26. The summed E-state index contributed by atoms with van der Waals surface area (Å²) in [7, 11) is 1.99. The Bertz CT molecular complexity index is 339. The lowest BCUT2D eigenvalue weighted by Crippen LogP contribution is -2.14. The van der Waals surface area contributed by atoms with Gasteiger partial charge in [-0.05, 0) is 17.9 Å². The number of benzene rings is 1. The molecule has 1 aromatic carbocycles. The maximum absolute atomic E-state index is 3.25. The van der Waals surface area contributed by atoms with Crippen LogP contribution in [0.15, 0.2) is 30.3 Å². The van der Waals surface area contributed by atoms with Gasteiger partial charge in [0.25, 0.3) is 0 Å². The molecule has 1 heteroatoms. The lowest BCUT2D eigenvalue weighted by Gasteiger charge is -2.21. The van der Waals surface area contributed by atoms with E-state index in [1.165, 1.54) is 23.2 Å². The van der Waals surface area contributed by atoms with E-state index < -0.39 is 0 Å². The molecule has 1 aliphatic rings. The van der Waals surface area contributed by atoms with Gasteiger partial charge in [-0.15, -0.1) is 0 Å². The van der Waals surface area contributed by atoms with Crippen molar-refractivity contribution in [3.8, 4) is 0 Å². The number of fused-ring (bicyclic) bond motifs is 1. The minimum absolute atomic E-state index is 0.650. The molecule has 0 amide bonds. The van der Waals surface area contributed by atoms with Crippen LogP contribution in [0.5, 0.6) is 0 Å². The second-order valence-corrected chi connectivity index (χ2v) is 3.67. The van der Waals surface area contributed by atoms with Gasteiger partial charge in [0.1, 0.15) is 0 Å². The molecule has 1 atom stereocenters. The molecular weight excluding hydrogens is 158 g/mol. The zero-order valence-electron chi connectivity index (χ0n) is 8.17. The van der Waals surface area contributed by atoms with Gasteiger partial charge in [-0.3, -0.25) is 0 Å². The first-order chi connectivity index (χ1) is 6.31. The summed E-state index contributed by atoms with van der Waals surface area (Å²) in [6.07, 6.45) is 3.48.